The molecule has 2 aromatic carbocycles. The largest absolute Gasteiger partial charge is 0.309 e. The molecule has 5 heteroatoms. The van der Waals surface area contributed by atoms with Crippen LogP contribution in [0.3, 0.4) is 0 Å². The summed E-state index contributed by atoms with van der Waals surface area (Å²) in [5.41, 5.74) is 3.50. The number of amides is 2. The van der Waals surface area contributed by atoms with Crippen LogP contribution in [0.5, 0.6) is 0 Å². The Morgan fingerprint density at radius 3 is 1.86 bits per heavy atom. The third kappa shape index (κ3) is 4.51. The van der Waals surface area contributed by atoms with Crippen LogP contribution >= 0.6 is 0 Å². The van der Waals surface area contributed by atoms with Crippen molar-refractivity contribution in [2.75, 3.05) is 22.9 Å². The lowest BCUT2D eigenvalue weighted by molar-refractivity contribution is 0.0987. The molecule has 5 nitrogen and oxygen atoms in total. The zero-order valence-electron chi connectivity index (χ0n) is 17.0. The summed E-state index contributed by atoms with van der Waals surface area (Å²) >= 11 is 0. The minimum Gasteiger partial charge on any atom is -0.309 e. The van der Waals surface area contributed by atoms with E-state index in [4.69, 9.17) is 0 Å². The number of aromatic nitrogens is 1. The van der Waals surface area contributed by atoms with Gasteiger partial charge in [-0.2, -0.15) is 0 Å². The summed E-state index contributed by atoms with van der Waals surface area (Å²) in [6.45, 7) is 6.88. The maximum absolute atomic E-state index is 13.1. The first kappa shape index (κ1) is 20.3. The molecule has 0 spiro atoms. The first-order valence-corrected chi connectivity index (χ1v) is 9.75. The number of pyridine rings is 1. The van der Waals surface area contributed by atoms with E-state index in [1.807, 2.05) is 75.4 Å². The van der Waals surface area contributed by atoms with Crippen LogP contribution in [0.15, 0.2) is 73.1 Å². The van der Waals surface area contributed by atoms with Crippen molar-refractivity contribution >= 4 is 23.2 Å². The smallest absolute Gasteiger partial charge is 0.259 e. The fraction of sp³-hybridized carbons (Fsp3) is 0.208. The van der Waals surface area contributed by atoms with Crippen LogP contribution in [0.2, 0.25) is 0 Å². The van der Waals surface area contributed by atoms with Crippen molar-refractivity contribution in [1.82, 2.24) is 4.98 Å². The number of aryl methyl sites for hydroxylation is 1. The summed E-state index contributed by atoms with van der Waals surface area (Å²) in [6.07, 6.45) is 3.02. The van der Waals surface area contributed by atoms with Gasteiger partial charge in [-0.25, -0.2) is 0 Å². The van der Waals surface area contributed by atoms with E-state index in [2.05, 4.69) is 4.98 Å². The highest BCUT2D eigenvalue weighted by Gasteiger charge is 2.21. The van der Waals surface area contributed by atoms with Crippen molar-refractivity contribution < 1.29 is 9.59 Å². The average Bonchev–Trinajstić information content (AvgIpc) is 2.75. The number of anilines is 2. The fourth-order valence-electron chi connectivity index (χ4n) is 3.28. The van der Waals surface area contributed by atoms with E-state index < -0.39 is 0 Å². The lowest BCUT2D eigenvalue weighted by Gasteiger charge is -2.23. The summed E-state index contributed by atoms with van der Waals surface area (Å²) in [6, 6.07) is 18.9. The van der Waals surface area contributed by atoms with E-state index in [0.29, 0.717) is 24.2 Å². The van der Waals surface area contributed by atoms with Gasteiger partial charge in [0.25, 0.3) is 11.8 Å². The summed E-state index contributed by atoms with van der Waals surface area (Å²) in [4.78, 5) is 33.7. The third-order valence-corrected chi connectivity index (χ3v) is 4.74. The van der Waals surface area contributed by atoms with E-state index in [9.17, 15) is 9.59 Å². The molecule has 0 radical (unpaired) electrons. The first-order valence-electron chi connectivity index (χ1n) is 9.75. The second kappa shape index (κ2) is 9.15. The Kier molecular flexibility index (Phi) is 6.39. The Bertz CT molecular complexity index is 1000. The highest BCUT2D eigenvalue weighted by atomic mass is 16.2. The number of carbonyl (C=O) groups excluding carboxylic acids is 2. The van der Waals surface area contributed by atoms with Gasteiger partial charge in [0.2, 0.25) is 0 Å². The van der Waals surface area contributed by atoms with E-state index >= 15 is 0 Å². The summed E-state index contributed by atoms with van der Waals surface area (Å²) in [5.74, 6) is -0.359. The van der Waals surface area contributed by atoms with Crippen molar-refractivity contribution in [3.8, 4) is 0 Å². The van der Waals surface area contributed by atoms with E-state index in [0.717, 1.165) is 16.9 Å². The van der Waals surface area contributed by atoms with Crippen LogP contribution < -0.4 is 9.80 Å². The minimum atomic E-state index is -0.181. The molecule has 148 valence electrons. The maximum Gasteiger partial charge on any atom is 0.259 e. The highest BCUT2D eigenvalue weighted by molar-refractivity contribution is 6.10. The molecular formula is C24H25N3O2. The zero-order valence-corrected chi connectivity index (χ0v) is 17.0. The number of benzene rings is 2. The summed E-state index contributed by atoms with van der Waals surface area (Å²) in [5, 5.41) is 0. The van der Waals surface area contributed by atoms with E-state index in [-0.39, 0.29) is 11.8 Å². The predicted octanol–water partition coefficient (Wildman–Crippen LogP) is 4.72. The predicted molar refractivity (Wildman–Crippen MR) is 117 cm³/mol. The number of hydrogen-bond donors (Lipinski definition) is 0. The molecule has 0 saturated carbocycles. The molecule has 3 aromatic rings. The Balaban J connectivity index is 1.90. The fourth-order valence-corrected chi connectivity index (χ4v) is 3.28. The van der Waals surface area contributed by atoms with Crippen LogP contribution in [-0.2, 0) is 0 Å². The molecule has 0 unspecified atom stereocenters. The molecule has 29 heavy (non-hydrogen) atoms. The number of nitrogens with zero attached hydrogens (tertiary/aromatic N) is 3. The van der Waals surface area contributed by atoms with Crippen LogP contribution in [0.25, 0.3) is 0 Å². The number of carbonyl (C=O) groups is 2. The van der Waals surface area contributed by atoms with Crippen LogP contribution in [0, 0.1) is 6.92 Å². The van der Waals surface area contributed by atoms with E-state index in [1.54, 1.807) is 15.9 Å². The molecule has 1 heterocycles. The second-order valence-corrected chi connectivity index (χ2v) is 6.74. The van der Waals surface area contributed by atoms with Crippen LogP contribution in [0.4, 0.5) is 11.4 Å². The lowest BCUT2D eigenvalue weighted by Crippen LogP contribution is -2.32. The number of hydrogen-bond acceptors (Lipinski definition) is 3. The van der Waals surface area contributed by atoms with Crippen molar-refractivity contribution in [1.29, 1.82) is 0 Å². The topological polar surface area (TPSA) is 53.5 Å². The average molecular weight is 387 g/mol. The molecule has 0 N–H and O–H groups in total. The van der Waals surface area contributed by atoms with Gasteiger partial charge >= 0.3 is 0 Å². The normalized spacial score (nSPS) is 10.4. The number of para-hydroxylation sites is 1. The Morgan fingerprint density at radius 2 is 1.31 bits per heavy atom. The molecule has 0 aliphatic carbocycles. The van der Waals surface area contributed by atoms with E-state index in [1.165, 1.54) is 12.4 Å². The van der Waals surface area contributed by atoms with Crippen LogP contribution in [-0.4, -0.2) is 29.9 Å². The number of rotatable bonds is 6. The maximum atomic E-state index is 13.1. The van der Waals surface area contributed by atoms with Crippen molar-refractivity contribution in [3.05, 3.63) is 89.7 Å². The third-order valence-electron chi connectivity index (χ3n) is 4.74. The molecule has 0 fully saturated rings. The van der Waals surface area contributed by atoms with Gasteiger partial charge in [0.15, 0.2) is 0 Å². The summed E-state index contributed by atoms with van der Waals surface area (Å²) in [7, 11) is 0. The van der Waals surface area contributed by atoms with Crippen LogP contribution in [0.1, 0.15) is 40.1 Å². The minimum absolute atomic E-state index is 0.178. The molecule has 0 aliphatic heterocycles. The van der Waals surface area contributed by atoms with Gasteiger partial charge in [-0.1, -0.05) is 30.3 Å². The Hall–Kier alpha value is -3.47. The van der Waals surface area contributed by atoms with Gasteiger partial charge in [0.05, 0.1) is 11.1 Å². The first-order chi connectivity index (χ1) is 14.0. The molecule has 1 aromatic heterocycles. The quantitative estimate of drug-likeness (QED) is 0.615. The van der Waals surface area contributed by atoms with Gasteiger partial charge < -0.3 is 9.80 Å². The molecular weight excluding hydrogens is 362 g/mol. The second-order valence-electron chi connectivity index (χ2n) is 6.74. The van der Waals surface area contributed by atoms with Crippen molar-refractivity contribution in [3.63, 3.8) is 0 Å². The molecule has 0 atom stereocenters. The van der Waals surface area contributed by atoms with Crippen molar-refractivity contribution in [2.45, 2.75) is 20.8 Å². The zero-order chi connectivity index (χ0) is 20.8. The molecule has 3 rings (SSSR count). The van der Waals surface area contributed by atoms with Gasteiger partial charge in [0, 0.05) is 36.9 Å². The van der Waals surface area contributed by atoms with Gasteiger partial charge in [-0.3, -0.25) is 14.6 Å². The monoisotopic (exact) mass is 387 g/mol. The molecule has 0 bridgehead atoms. The highest BCUT2D eigenvalue weighted by Crippen LogP contribution is 2.20. The Morgan fingerprint density at radius 1 is 0.759 bits per heavy atom. The SMILES string of the molecule is CCN(C(=O)c1cncc(C(=O)N(CC)c2cccc(C)c2)c1)c1ccccc1. The van der Waals surface area contributed by atoms with Gasteiger partial charge in [0.1, 0.15) is 0 Å². The lowest BCUT2D eigenvalue weighted by atomic mass is 10.1. The molecule has 2 amide bonds. The summed E-state index contributed by atoms with van der Waals surface area (Å²) < 4.78 is 0. The van der Waals surface area contributed by atoms with Gasteiger partial charge in [-0.15, -0.1) is 0 Å². The standard InChI is InChI=1S/C24H25N3O2/c1-4-26(21-11-7-6-8-12-21)23(28)19-15-20(17-25-16-19)24(29)27(5-2)22-13-9-10-18(3)14-22/h6-17H,4-5H2,1-3H3. The molecule has 0 saturated heterocycles. The van der Waals surface area contributed by atoms with Crippen molar-refractivity contribution in [2.24, 2.45) is 0 Å². The van der Waals surface area contributed by atoms with Gasteiger partial charge in [-0.05, 0) is 56.7 Å². The Labute approximate surface area is 171 Å². The molecule has 0 aliphatic rings.